The second kappa shape index (κ2) is 6.39. The highest BCUT2D eigenvalue weighted by Gasteiger charge is 2.50. The molecule has 4 rings (SSSR count). The van der Waals surface area contributed by atoms with Gasteiger partial charge in [0.15, 0.2) is 0 Å². The van der Waals surface area contributed by atoms with Crippen molar-refractivity contribution in [2.75, 3.05) is 29.6 Å². The van der Waals surface area contributed by atoms with Gasteiger partial charge >= 0.3 is 0 Å². The highest BCUT2D eigenvalue weighted by Crippen LogP contribution is 2.38. The third-order valence-corrected chi connectivity index (χ3v) is 5.57. The maximum atomic E-state index is 12.7. The fraction of sp³-hybridized carbons (Fsp3) is 0.333. The Morgan fingerprint density at radius 2 is 1.84 bits per heavy atom. The summed E-state index contributed by atoms with van der Waals surface area (Å²) in [5.41, 5.74) is 0.563. The molecule has 2 fully saturated rings. The lowest BCUT2D eigenvalue weighted by Crippen LogP contribution is -2.56. The number of anilines is 2. The summed E-state index contributed by atoms with van der Waals surface area (Å²) in [4.78, 5) is 21.3. The minimum atomic E-state index is -0.503. The number of hydrogen-bond donors (Lipinski definition) is 1. The number of aromatic nitrogens is 1. The van der Waals surface area contributed by atoms with Crippen molar-refractivity contribution in [3.63, 3.8) is 0 Å². The number of hydrogen-bond acceptors (Lipinski definition) is 4. The fourth-order valence-electron chi connectivity index (χ4n) is 3.76. The third-order valence-electron chi connectivity index (χ3n) is 5.08. The number of nitrogens with zero attached hydrogens (tertiary/aromatic N) is 3. The monoisotopic (exact) mass is 376 g/mol. The van der Waals surface area contributed by atoms with Gasteiger partial charge in [0, 0.05) is 25.0 Å². The topological polar surface area (TPSA) is 48.5 Å². The number of piperidine rings is 1. The molecule has 0 radical (unpaired) electrons. The highest BCUT2D eigenvalue weighted by atomic mass is 35.5. The molecule has 1 aromatic carbocycles. The van der Waals surface area contributed by atoms with Crippen molar-refractivity contribution in [1.82, 2.24) is 10.3 Å². The Morgan fingerprint density at radius 3 is 2.52 bits per heavy atom. The molecular formula is C18H18Cl2N4O. The van der Waals surface area contributed by atoms with Crippen molar-refractivity contribution < 1.29 is 4.79 Å². The molecule has 0 atom stereocenters. The summed E-state index contributed by atoms with van der Waals surface area (Å²) in [5.74, 6) is 0.830. The number of carbonyl (C=O) groups excluding carboxylic acids is 1. The average Bonchev–Trinajstić information content (AvgIpc) is 2.93. The second-order valence-electron chi connectivity index (χ2n) is 6.41. The Bertz CT molecular complexity index is 791. The van der Waals surface area contributed by atoms with E-state index in [1.807, 2.05) is 30.3 Å². The Balaban J connectivity index is 1.57. The zero-order valence-corrected chi connectivity index (χ0v) is 15.1. The van der Waals surface area contributed by atoms with E-state index < -0.39 is 5.54 Å². The number of benzene rings is 1. The zero-order chi connectivity index (χ0) is 17.4. The summed E-state index contributed by atoms with van der Waals surface area (Å²) < 4.78 is 0. The van der Waals surface area contributed by atoms with Crippen LogP contribution in [0.1, 0.15) is 12.8 Å². The van der Waals surface area contributed by atoms with E-state index in [0.717, 1.165) is 11.5 Å². The van der Waals surface area contributed by atoms with Crippen LogP contribution in [0.5, 0.6) is 0 Å². The van der Waals surface area contributed by atoms with Gasteiger partial charge in [0.25, 0.3) is 0 Å². The number of para-hydroxylation sites is 1. The summed E-state index contributed by atoms with van der Waals surface area (Å²) in [6, 6.07) is 11.8. The highest BCUT2D eigenvalue weighted by molar-refractivity contribution is 6.36. The molecule has 1 spiro atoms. The van der Waals surface area contributed by atoms with Gasteiger partial charge in [0.1, 0.15) is 11.4 Å². The first-order valence-electron chi connectivity index (χ1n) is 8.27. The number of amides is 1. The van der Waals surface area contributed by atoms with Crippen LogP contribution in [0.4, 0.5) is 11.5 Å². The van der Waals surface area contributed by atoms with Gasteiger partial charge < -0.3 is 15.1 Å². The Morgan fingerprint density at radius 1 is 1.12 bits per heavy atom. The molecule has 0 saturated carbocycles. The van der Waals surface area contributed by atoms with E-state index in [0.29, 0.717) is 42.6 Å². The Labute approximate surface area is 156 Å². The first-order chi connectivity index (χ1) is 12.1. The quantitative estimate of drug-likeness (QED) is 0.873. The van der Waals surface area contributed by atoms with Crippen LogP contribution in [-0.2, 0) is 4.79 Å². The van der Waals surface area contributed by atoms with Crippen LogP contribution in [0.15, 0.2) is 42.6 Å². The second-order valence-corrected chi connectivity index (χ2v) is 7.25. The smallest absolute Gasteiger partial charge is 0.247 e. The van der Waals surface area contributed by atoms with Crippen molar-refractivity contribution in [2.24, 2.45) is 0 Å². The molecule has 5 nitrogen and oxygen atoms in total. The van der Waals surface area contributed by atoms with Gasteiger partial charge in [-0.2, -0.15) is 0 Å². The summed E-state index contributed by atoms with van der Waals surface area (Å²) >= 11 is 12.2. The Hall–Kier alpha value is -1.98. The van der Waals surface area contributed by atoms with E-state index in [9.17, 15) is 4.79 Å². The Kier molecular flexibility index (Phi) is 4.21. The molecule has 1 aromatic heterocycles. The minimum absolute atomic E-state index is 0.103. The third kappa shape index (κ3) is 2.81. The molecule has 1 amide bonds. The number of rotatable bonds is 2. The van der Waals surface area contributed by atoms with Crippen LogP contribution in [-0.4, -0.2) is 36.2 Å². The van der Waals surface area contributed by atoms with Gasteiger partial charge in [-0.3, -0.25) is 4.79 Å². The SMILES string of the molecule is O=C1NCN(c2ccccc2)C12CCN(c1ncc(Cl)cc1Cl)CC2. The number of nitrogens with one attached hydrogen (secondary N) is 1. The molecule has 0 aliphatic carbocycles. The molecule has 3 heterocycles. The van der Waals surface area contributed by atoms with E-state index in [-0.39, 0.29) is 5.91 Å². The van der Waals surface area contributed by atoms with Crippen LogP contribution in [0.3, 0.4) is 0 Å². The maximum absolute atomic E-state index is 12.7. The van der Waals surface area contributed by atoms with Crippen molar-refractivity contribution in [2.45, 2.75) is 18.4 Å². The molecule has 2 aromatic rings. The first kappa shape index (κ1) is 16.5. The molecule has 2 saturated heterocycles. The predicted molar refractivity (Wildman–Crippen MR) is 100 cm³/mol. The van der Waals surface area contributed by atoms with Gasteiger partial charge in [-0.15, -0.1) is 0 Å². The summed E-state index contributed by atoms with van der Waals surface area (Å²) in [7, 11) is 0. The van der Waals surface area contributed by atoms with Gasteiger partial charge in [0.2, 0.25) is 5.91 Å². The molecule has 2 aliphatic rings. The van der Waals surface area contributed by atoms with Crippen molar-refractivity contribution >= 4 is 40.6 Å². The summed E-state index contributed by atoms with van der Waals surface area (Å²) in [5, 5.41) is 4.07. The summed E-state index contributed by atoms with van der Waals surface area (Å²) in [6.07, 6.45) is 3.04. The molecule has 2 aliphatic heterocycles. The van der Waals surface area contributed by atoms with Crippen LogP contribution in [0, 0.1) is 0 Å². The molecule has 1 N–H and O–H groups in total. The van der Waals surface area contributed by atoms with E-state index >= 15 is 0 Å². The average molecular weight is 377 g/mol. The van der Waals surface area contributed by atoms with Crippen LogP contribution in [0.25, 0.3) is 0 Å². The first-order valence-corrected chi connectivity index (χ1v) is 9.03. The van der Waals surface area contributed by atoms with E-state index in [1.54, 1.807) is 12.3 Å². The summed E-state index contributed by atoms with van der Waals surface area (Å²) in [6.45, 7) is 1.97. The van der Waals surface area contributed by atoms with Gasteiger partial charge in [-0.05, 0) is 31.0 Å². The number of carbonyl (C=O) groups is 1. The van der Waals surface area contributed by atoms with E-state index in [1.165, 1.54) is 0 Å². The van der Waals surface area contributed by atoms with Crippen LogP contribution < -0.4 is 15.1 Å². The number of pyridine rings is 1. The predicted octanol–water partition coefficient (Wildman–Crippen LogP) is 3.32. The largest absolute Gasteiger partial charge is 0.355 e. The maximum Gasteiger partial charge on any atom is 0.247 e. The fourth-order valence-corrected chi connectivity index (χ4v) is 4.26. The zero-order valence-electron chi connectivity index (χ0n) is 13.6. The van der Waals surface area contributed by atoms with Crippen LogP contribution >= 0.6 is 23.2 Å². The lowest BCUT2D eigenvalue weighted by atomic mass is 9.85. The van der Waals surface area contributed by atoms with E-state index in [4.69, 9.17) is 23.2 Å². The minimum Gasteiger partial charge on any atom is -0.355 e. The van der Waals surface area contributed by atoms with Gasteiger partial charge in [-0.25, -0.2) is 4.98 Å². The lowest BCUT2D eigenvalue weighted by Gasteiger charge is -2.43. The molecule has 7 heteroatoms. The molecular weight excluding hydrogens is 359 g/mol. The molecule has 25 heavy (non-hydrogen) atoms. The molecule has 130 valence electrons. The number of halogens is 2. The van der Waals surface area contributed by atoms with Gasteiger partial charge in [-0.1, -0.05) is 41.4 Å². The van der Waals surface area contributed by atoms with Crippen LogP contribution in [0.2, 0.25) is 10.0 Å². The van der Waals surface area contributed by atoms with Crippen molar-refractivity contribution in [3.8, 4) is 0 Å². The lowest BCUT2D eigenvalue weighted by molar-refractivity contribution is -0.124. The van der Waals surface area contributed by atoms with E-state index in [2.05, 4.69) is 20.1 Å². The molecule has 0 bridgehead atoms. The normalized spacial score (nSPS) is 19.4. The standard InChI is InChI=1S/C18H18Cl2N4O/c19-13-10-15(20)16(21-11-13)23-8-6-18(7-9-23)17(25)22-12-24(18)14-4-2-1-3-5-14/h1-5,10-11H,6-9,12H2,(H,22,25). The van der Waals surface area contributed by atoms with Crippen molar-refractivity contribution in [1.29, 1.82) is 0 Å². The molecule has 0 unspecified atom stereocenters. The van der Waals surface area contributed by atoms with Gasteiger partial charge in [0.05, 0.1) is 16.7 Å². The van der Waals surface area contributed by atoms with Crippen molar-refractivity contribution in [3.05, 3.63) is 52.6 Å².